The second-order valence-electron chi connectivity index (χ2n) is 6.13. The Morgan fingerprint density at radius 3 is 2.88 bits per heavy atom. The van der Waals surface area contributed by atoms with Gasteiger partial charge in [-0.05, 0) is 46.6 Å². The third-order valence-electron chi connectivity index (χ3n) is 3.81. The van der Waals surface area contributed by atoms with E-state index in [-0.39, 0.29) is 11.7 Å². The summed E-state index contributed by atoms with van der Waals surface area (Å²) in [6, 6.07) is 11.1. The highest BCUT2D eigenvalue weighted by Gasteiger charge is 2.13. The first-order valence-corrected chi connectivity index (χ1v) is 12.3. The molecule has 32 heavy (non-hydrogen) atoms. The van der Waals surface area contributed by atoms with E-state index in [2.05, 4.69) is 36.7 Å². The quantitative estimate of drug-likeness (QED) is 0.210. The second kappa shape index (κ2) is 12.0. The van der Waals surface area contributed by atoms with Crippen molar-refractivity contribution in [2.45, 2.75) is 17.9 Å². The number of carbonyl (C=O) groups excluding carboxylic acids is 1. The first-order valence-electron chi connectivity index (χ1n) is 9.32. The highest BCUT2D eigenvalue weighted by molar-refractivity contribution is 9.10. The van der Waals surface area contributed by atoms with Crippen LogP contribution < -0.4 is 20.6 Å². The molecule has 3 rings (SSSR count). The summed E-state index contributed by atoms with van der Waals surface area (Å²) >= 11 is 12.2. The number of hydrazone groups is 1. The maximum Gasteiger partial charge on any atom is 0.250 e. The van der Waals surface area contributed by atoms with E-state index in [0.29, 0.717) is 43.7 Å². The zero-order valence-corrected chi connectivity index (χ0v) is 20.9. The molecule has 3 N–H and O–H groups in total. The Labute approximate surface area is 206 Å². The fourth-order valence-corrected chi connectivity index (χ4v) is 4.64. The first kappa shape index (κ1) is 24.3. The number of rotatable bonds is 10. The molecule has 0 fully saturated rings. The van der Waals surface area contributed by atoms with Gasteiger partial charge in [0.2, 0.25) is 5.13 Å². The predicted molar refractivity (Wildman–Crippen MR) is 132 cm³/mol. The number of aromatic nitrogens is 2. The van der Waals surface area contributed by atoms with Crippen LogP contribution in [0.15, 0.2) is 50.3 Å². The number of thioether (sulfide) groups is 1. The summed E-state index contributed by atoms with van der Waals surface area (Å²) in [4.78, 5) is 12.0. The van der Waals surface area contributed by atoms with Gasteiger partial charge < -0.3 is 15.2 Å². The van der Waals surface area contributed by atoms with Gasteiger partial charge in [-0.15, -0.1) is 10.2 Å². The predicted octanol–water partition coefficient (Wildman–Crippen LogP) is 4.76. The number of amides is 1. The SMILES string of the molecule is CCOc1cc(C=NNC(=O)CSc2nnc(N)s2)cc(Br)c1OCc1ccccc1Cl. The zero-order valence-electron chi connectivity index (χ0n) is 16.9. The minimum atomic E-state index is -0.274. The molecule has 0 saturated heterocycles. The van der Waals surface area contributed by atoms with Crippen LogP contribution in [0.3, 0.4) is 0 Å². The van der Waals surface area contributed by atoms with Crippen molar-refractivity contribution in [3.63, 3.8) is 0 Å². The molecule has 2 aromatic carbocycles. The molecule has 0 unspecified atom stereocenters. The number of carbonyl (C=O) groups is 1. The van der Waals surface area contributed by atoms with Crippen LogP contribution in [0.4, 0.5) is 5.13 Å². The number of ether oxygens (including phenoxy) is 2. The summed E-state index contributed by atoms with van der Waals surface area (Å²) in [6.07, 6.45) is 1.52. The number of nitrogens with zero attached hydrogens (tertiary/aromatic N) is 3. The van der Waals surface area contributed by atoms with Crippen molar-refractivity contribution in [1.82, 2.24) is 15.6 Å². The minimum absolute atomic E-state index is 0.148. The molecule has 0 spiro atoms. The van der Waals surface area contributed by atoms with E-state index in [1.165, 1.54) is 29.3 Å². The van der Waals surface area contributed by atoms with Crippen molar-refractivity contribution >= 4 is 67.9 Å². The van der Waals surface area contributed by atoms with Crippen LogP contribution in [0.5, 0.6) is 11.5 Å². The number of nitrogens with two attached hydrogens (primary N) is 1. The van der Waals surface area contributed by atoms with E-state index in [0.717, 1.165) is 11.1 Å². The van der Waals surface area contributed by atoms with Gasteiger partial charge in [0.25, 0.3) is 5.91 Å². The van der Waals surface area contributed by atoms with E-state index < -0.39 is 0 Å². The van der Waals surface area contributed by atoms with Gasteiger partial charge in [0.05, 0.1) is 23.0 Å². The average molecular weight is 557 g/mol. The highest BCUT2D eigenvalue weighted by atomic mass is 79.9. The van der Waals surface area contributed by atoms with Crippen LogP contribution in [0.2, 0.25) is 5.02 Å². The number of anilines is 1. The monoisotopic (exact) mass is 555 g/mol. The van der Waals surface area contributed by atoms with Crippen LogP contribution in [-0.2, 0) is 11.4 Å². The molecule has 168 valence electrons. The molecular formula is C20H19BrClN5O3S2. The van der Waals surface area contributed by atoms with E-state index in [1.807, 2.05) is 37.3 Å². The van der Waals surface area contributed by atoms with Crippen molar-refractivity contribution in [2.24, 2.45) is 5.10 Å². The second-order valence-corrected chi connectivity index (χ2v) is 9.62. The van der Waals surface area contributed by atoms with Gasteiger partial charge in [-0.1, -0.05) is 52.9 Å². The van der Waals surface area contributed by atoms with Crippen molar-refractivity contribution in [3.05, 3.63) is 57.0 Å². The van der Waals surface area contributed by atoms with Gasteiger partial charge in [0.15, 0.2) is 15.8 Å². The average Bonchev–Trinajstić information content (AvgIpc) is 3.18. The third kappa shape index (κ3) is 7.09. The molecular weight excluding hydrogens is 538 g/mol. The van der Waals surface area contributed by atoms with E-state index in [1.54, 1.807) is 6.07 Å². The number of nitrogen functional groups attached to an aromatic ring is 1. The molecule has 3 aromatic rings. The van der Waals surface area contributed by atoms with Crippen molar-refractivity contribution in [3.8, 4) is 11.5 Å². The Kier molecular flexibility index (Phi) is 9.15. The van der Waals surface area contributed by atoms with E-state index in [4.69, 9.17) is 26.8 Å². The Balaban J connectivity index is 1.62. The molecule has 8 nitrogen and oxygen atoms in total. The lowest BCUT2D eigenvalue weighted by Crippen LogP contribution is -2.19. The van der Waals surface area contributed by atoms with Crippen LogP contribution in [0.1, 0.15) is 18.1 Å². The fourth-order valence-electron chi connectivity index (χ4n) is 2.45. The van der Waals surface area contributed by atoms with Gasteiger partial charge in [-0.3, -0.25) is 4.79 Å². The molecule has 0 saturated carbocycles. The van der Waals surface area contributed by atoms with Crippen LogP contribution in [0.25, 0.3) is 0 Å². The number of nitrogens with one attached hydrogen (secondary N) is 1. The van der Waals surface area contributed by atoms with Crippen LogP contribution >= 0.6 is 50.6 Å². The third-order valence-corrected chi connectivity index (χ3v) is 6.66. The molecule has 0 radical (unpaired) electrons. The smallest absolute Gasteiger partial charge is 0.250 e. The highest BCUT2D eigenvalue weighted by Crippen LogP contribution is 2.37. The molecule has 1 amide bonds. The topological polar surface area (TPSA) is 112 Å². The largest absolute Gasteiger partial charge is 0.490 e. The number of hydrogen-bond acceptors (Lipinski definition) is 9. The van der Waals surface area contributed by atoms with Crippen LogP contribution in [0, 0.1) is 0 Å². The summed E-state index contributed by atoms with van der Waals surface area (Å²) in [5.74, 6) is 0.977. The lowest BCUT2D eigenvalue weighted by molar-refractivity contribution is -0.118. The zero-order chi connectivity index (χ0) is 22.9. The first-order chi connectivity index (χ1) is 15.5. The van der Waals surface area contributed by atoms with Crippen molar-refractivity contribution in [2.75, 3.05) is 18.1 Å². The Bertz CT molecular complexity index is 1110. The molecule has 1 aromatic heterocycles. The Hall–Kier alpha value is -2.34. The van der Waals surface area contributed by atoms with Crippen molar-refractivity contribution in [1.29, 1.82) is 0 Å². The fraction of sp³-hybridized carbons (Fsp3) is 0.200. The summed E-state index contributed by atoms with van der Waals surface area (Å²) in [5.41, 5.74) is 9.58. The molecule has 0 bridgehead atoms. The Morgan fingerprint density at radius 1 is 1.34 bits per heavy atom. The molecule has 0 aliphatic heterocycles. The maximum absolute atomic E-state index is 12.0. The van der Waals surface area contributed by atoms with Gasteiger partial charge in [-0.2, -0.15) is 5.10 Å². The maximum atomic E-state index is 12.0. The summed E-state index contributed by atoms with van der Waals surface area (Å²) in [6.45, 7) is 2.63. The summed E-state index contributed by atoms with van der Waals surface area (Å²) in [7, 11) is 0. The van der Waals surface area contributed by atoms with E-state index >= 15 is 0 Å². The molecule has 12 heteroatoms. The lowest BCUT2D eigenvalue weighted by Gasteiger charge is -2.15. The van der Waals surface area contributed by atoms with Crippen LogP contribution in [-0.4, -0.2) is 34.7 Å². The number of halogens is 2. The number of hydrogen-bond donors (Lipinski definition) is 2. The molecule has 1 heterocycles. The standard InChI is InChI=1S/C20H19BrClN5O3S2/c1-2-29-16-8-12(9-24-25-17(28)11-31-20-27-26-19(23)32-20)7-14(21)18(16)30-10-13-5-3-4-6-15(13)22/h3-9H,2,10-11H2,1H3,(H2,23,26)(H,25,28). The molecule has 0 atom stereocenters. The van der Waals surface area contributed by atoms with Gasteiger partial charge in [-0.25, -0.2) is 5.43 Å². The van der Waals surface area contributed by atoms with E-state index in [9.17, 15) is 4.79 Å². The summed E-state index contributed by atoms with van der Waals surface area (Å²) in [5, 5.41) is 12.6. The molecule has 0 aliphatic carbocycles. The normalized spacial score (nSPS) is 11.0. The van der Waals surface area contributed by atoms with Gasteiger partial charge in [0, 0.05) is 10.6 Å². The number of benzene rings is 2. The lowest BCUT2D eigenvalue weighted by atomic mass is 10.2. The molecule has 0 aliphatic rings. The van der Waals surface area contributed by atoms with Crippen molar-refractivity contribution < 1.29 is 14.3 Å². The van der Waals surface area contributed by atoms with Gasteiger partial charge >= 0.3 is 0 Å². The Morgan fingerprint density at radius 2 is 2.16 bits per heavy atom. The van der Waals surface area contributed by atoms with Gasteiger partial charge in [0.1, 0.15) is 6.61 Å². The summed E-state index contributed by atoms with van der Waals surface area (Å²) < 4.78 is 13.0. The minimum Gasteiger partial charge on any atom is -0.490 e.